The zero-order chi connectivity index (χ0) is 17.7. The molecule has 2 rings (SSSR count). The van der Waals surface area contributed by atoms with Gasteiger partial charge in [-0.05, 0) is 20.3 Å². The van der Waals surface area contributed by atoms with Gasteiger partial charge in [0.05, 0.1) is 6.61 Å². The zero-order valence-electron chi connectivity index (χ0n) is 14.9. The number of pyridine rings is 1. The number of methoxy groups -OCH3 is 1. The molecule has 1 unspecified atom stereocenters. The highest BCUT2D eigenvalue weighted by Crippen LogP contribution is 2.24. The van der Waals surface area contributed by atoms with E-state index >= 15 is 0 Å². The van der Waals surface area contributed by atoms with Crippen molar-refractivity contribution in [2.24, 2.45) is 0 Å². The minimum atomic E-state index is -0.272. The van der Waals surface area contributed by atoms with Crippen molar-refractivity contribution >= 4 is 5.91 Å². The van der Waals surface area contributed by atoms with E-state index in [9.17, 15) is 9.59 Å². The summed E-state index contributed by atoms with van der Waals surface area (Å²) in [6.45, 7) is 6.90. The molecular formula is C17H27N3O4. The number of fused-ring (bicyclic) bond motifs is 1. The van der Waals surface area contributed by atoms with Crippen molar-refractivity contribution in [2.75, 3.05) is 25.7 Å². The number of nitrogens with one attached hydrogen (secondary N) is 1. The van der Waals surface area contributed by atoms with Crippen LogP contribution in [0, 0.1) is 0 Å². The molecule has 0 aromatic carbocycles. The first kappa shape index (κ1) is 18.3. The van der Waals surface area contributed by atoms with Crippen LogP contribution >= 0.6 is 0 Å². The predicted molar refractivity (Wildman–Crippen MR) is 92.1 cm³/mol. The minimum Gasteiger partial charge on any atom is -0.487 e. The van der Waals surface area contributed by atoms with Crippen molar-refractivity contribution < 1.29 is 14.3 Å². The van der Waals surface area contributed by atoms with Crippen molar-refractivity contribution in [3.8, 4) is 5.75 Å². The fourth-order valence-electron chi connectivity index (χ4n) is 2.80. The molecule has 1 atom stereocenters. The van der Waals surface area contributed by atoms with Gasteiger partial charge in [-0.3, -0.25) is 14.3 Å². The van der Waals surface area contributed by atoms with E-state index < -0.39 is 0 Å². The summed E-state index contributed by atoms with van der Waals surface area (Å²) in [6.07, 6.45) is 3.83. The van der Waals surface area contributed by atoms with Gasteiger partial charge in [0.15, 0.2) is 11.4 Å². The lowest BCUT2D eigenvalue weighted by molar-refractivity contribution is 0.0506. The van der Waals surface area contributed by atoms with Gasteiger partial charge in [0.1, 0.15) is 6.17 Å². The molecule has 0 saturated carbocycles. The average molecular weight is 337 g/mol. The summed E-state index contributed by atoms with van der Waals surface area (Å²) in [6, 6.07) is 1.41. The maximum atomic E-state index is 13.0. The molecule has 1 aromatic rings. The monoisotopic (exact) mass is 337 g/mol. The van der Waals surface area contributed by atoms with Crippen LogP contribution < -0.4 is 15.6 Å². The van der Waals surface area contributed by atoms with Gasteiger partial charge in [-0.1, -0.05) is 13.3 Å². The average Bonchev–Trinajstić information content (AvgIpc) is 2.54. The van der Waals surface area contributed by atoms with E-state index in [1.807, 2.05) is 20.8 Å². The lowest BCUT2D eigenvalue weighted by Crippen LogP contribution is -2.57. The van der Waals surface area contributed by atoms with Gasteiger partial charge in [-0.25, -0.2) is 0 Å². The Kier molecular flexibility index (Phi) is 6.25. The van der Waals surface area contributed by atoms with Gasteiger partial charge in [0.25, 0.3) is 5.91 Å². The van der Waals surface area contributed by atoms with Crippen LogP contribution in [-0.4, -0.2) is 48.0 Å². The Balaban J connectivity index is 2.40. The summed E-state index contributed by atoms with van der Waals surface area (Å²) in [5.74, 6) is -0.0756. The van der Waals surface area contributed by atoms with E-state index in [1.165, 1.54) is 6.07 Å². The van der Waals surface area contributed by atoms with Crippen LogP contribution in [0.1, 0.15) is 50.5 Å². The molecule has 0 saturated heterocycles. The first-order valence-electron chi connectivity index (χ1n) is 8.47. The maximum absolute atomic E-state index is 13.0. The van der Waals surface area contributed by atoms with Crippen molar-refractivity contribution in [3.63, 3.8) is 0 Å². The van der Waals surface area contributed by atoms with E-state index in [2.05, 4.69) is 5.43 Å². The van der Waals surface area contributed by atoms with Gasteiger partial charge in [0, 0.05) is 38.4 Å². The second-order valence-electron chi connectivity index (χ2n) is 6.16. The Morgan fingerprint density at radius 2 is 2.04 bits per heavy atom. The largest absolute Gasteiger partial charge is 0.487 e. The fourth-order valence-corrected chi connectivity index (χ4v) is 2.80. The molecule has 1 aromatic heterocycles. The number of hydrogen-bond acceptors (Lipinski definition) is 5. The molecule has 1 aliphatic heterocycles. The van der Waals surface area contributed by atoms with E-state index in [1.54, 1.807) is 22.9 Å². The lowest BCUT2D eigenvalue weighted by Gasteiger charge is -2.41. The van der Waals surface area contributed by atoms with Crippen LogP contribution in [0.2, 0.25) is 0 Å². The summed E-state index contributed by atoms with van der Waals surface area (Å²) in [7, 11) is 1.63. The van der Waals surface area contributed by atoms with Gasteiger partial charge >= 0.3 is 0 Å². The van der Waals surface area contributed by atoms with Crippen molar-refractivity contribution in [3.05, 3.63) is 28.2 Å². The Morgan fingerprint density at radius 3 is 2.67 bits per heavy atom. The molecule has 2 heterocycles. The number of rotatable bonds is 8. The van der Waals surface area contributed by atoms with Crippen molar-refractivity contribution in [1.29, 1.82) is 0 Å². The Labute approximate surface area is 142 Å². The Hall–Kier alpha value is -2.02. The highest BCUT2D eigenvalue weighted by molar-refractivity contribution is 5.96. The predicted octanol–water partition coefficient (Wildman–Crippen LogP) is 1.80. The topological polar surface area (TPSA) is 72.8 Å². The number of amides is 1. The number of unbranched alkanes of at least 4 members (excludes halogenated alkanes) is 1. The maximum Gasteiger partial charge on any atom is 0.278 e. The Morgan fingerprint density at radius 1 is 1.29 bits per heavy atom. The van der Waals surface area contributed by atoms with Gasteiger partial charge < -0.3 is 19.8 Å². The molecular weight excluding hydrogens is 310 g/mol. The Bertz CT molecular complexity index is 627. The highest BCUT2D eigenvalue weighted by Gasteiger charge is 2.36. The molecule has 7 heteroatoms. The van der Waals surface area contributed by atoms with Crippen LogP contribution in [0.25, 0.3) is 0 Å². The first-order chi connectivity index (χ1) is 11.5. The molecule has 0 radical (unpaired) electrons. The normalized spacial score (nSPS) is 17.0. The van der Waals surface area contributed by atoms with Crippen LogP contribution in [0.4, 0.5) is 0 Å². The van der Waals surface area contributed by atoms with E-state index in [4.69, 9.17) is 9.47 Å². The standard InChI is InChI=1S/C17H27N3O4/c1-5-6-10-24-16-13(21)7-9-19-15(16)17(22)20(12(2)3)14(18-19)8-11-23-4/h7,9,12,14,18H,5-6,8,10-11H2,1-4H3. The second kappa shape index (κ2) is 8.19. The van der Waals surface area contributed by atoms with Crippen LogP contribution in [0.5, 0.6) is 5.75 Å². The van der Waals surface area contributed by atoms with Gasteiger partial charge in [-0.2, -0.15) is 0 Å². The van der Waals surface area contributed by atoms with Crippen molar-refractivity contribution in [1.82, 2.24) is 9.58 Å². The quantitative estimate of drug-likeness (QED) is 0.732. The highest BCUT2D eigenvalue weighted by atomic mass is 16.5. The third kappa shape index (κ3) is 3.72. The van der Waals surface area contributed by atoms with E-state index in [0.717, 1.165) is 12.8 Å². The molecule has 24 heavy (non-hydrogen) atoms. The van der Waals surface area contributed by atoms with Gasteiger partial charge in [0.2, 0.25) is 5.43 Å². The molecule has 134 valence electrons. The molecule has 1 N–H and O–H groups in total. The van der Waals surface area contributed by atoms with Gasteiger partial charge in [-0.15, -0.1) is 0 Å². The smallest absolute Gasteiger partial charge is 0.278 e. The summed E-state index contributed by atoms with van der Waals surface area (Å²) in [5.41, 5.74) is 3.27. The van der Waals surface area contributed by atoms with Crippen LogP contribution in [-0.2, 0) is 4.74 Å². The third-order valence-electron chi connectivity index (χ3n) is 4.01. The number of carbonyl (C=O) groups is 1. The number of aromatic nitrogens is 1. The SMILES string of the molecule is CCCCOc1c2n(ccc1=O)NC(CCOC)N(C(C)C)C2=O. The molecule has 0 bridgehead atoms. The summed E-state index contributed by atoms with van der Waals surface area (Å²) in [4.78, 5) is 27.0. The zero-order valence-corrected chi connectivity index (χ0v) is 14.9. The van der Waals surface area contributed by atoms with Crippen LogP contribution in [0.15, 0.2) is 17.1 Å². The molecule has 0 spiro atoms. The number of ether oxygens (including phenoxy) is 2. The number of hydrogen-bond donors (Lipinski definition) is 1. The summed E-state index contributed by atoms with van der Waals surface area (Å²) in [5, 5.41) is 0. The third-order valence-corrected chi connectivity index (χ3v) is 4.01. The second-order valence-corrected chi connectivity index (χ2v) is 6.16. The number of carbonyl (C=O) groups excluding carboxylic acids is 1. The minimum absolute atomic E-state index is 0.0144. The first-order valence-corrected chi connectivity index (χ1v) is 8.47. The fraction of sp³-hybridized carbons (Fsp3) is 0.647. The number of nitrogens with zero attached hydrogens (tertiary/aromatic N) is 2. The lowest BCUT2D eigenvalue weighted by atomic mass is 10.1. The molecule has 0 aliphatic carbocycles. The molecule has 1 aliphatic rings. The van der Waals surface area contributed by atoms with Crippen LogP contribution in [0.3, 0.4) is 0 Å². The molecule has 1 amide bonds. The van der Waals surface area contributed by atoms with E-state index in [-0.39, 0.29) is 35.0 Å². The van der Waals surface area contributed by atoms with E-state index in [0.29, 0.717) is 19.6 Å². The summed E-state index contributed by atoms with van der Waals surface area (Å²) >= 11 is 0. The molecule has 0 fully saturated rings. The molecule has 7 nitrogen and oxygen atoms in total. The summed E-state index contributed by atoms with van der Waals surface area (Å²) < 4.78 is 12.4. The van der Waals surface area contributed by atoms with Crippen molar-refractivity contribution in [2.45, 2.75) is 52.2 Å².